The van der Waals surface area contributed by atoms with E-state index < -0.39 is 0 Å². The summed E-state index contributed by atoms with van der Waals surface area (Å²) in [5, 5.41) is 1.88. The minimum Gasteiger partial charge on any atom is -0.488 e. The van der Waals surface area contributed by atoms with E-state index in [1.807, 2.05) is 54.6 Å². The molecule has 0 radical (unpaired) electrons. The summed E-state index contributed by atoms with van der Waals surface area (Å²) in [5.41, 5.74) is 5.50. The molecule has 5 aromatic rings. The van der Waals surface area contributed by atoms with Gasteiger partial charge in [0.2, 0.25) is 0 Å². The fourth-order valence-electron chi connectivity index (χ4n) is 5.39. The van der Waals surface area contributed by atoms with Gasteiger partial charge in [0.1, 0.15) is 12.4 Å². The lowest BCUT2D eigenvalue weighted by molar-refractivity contribution is 0.309. The van der Waals surface area contributed by atoms with Crippen molar-refractivity contribution in [2.24, 2.45) is 0 Å². The van der Waals surface area contributed by atoms with Gasteiger partial charge in [0.25, 0.3) is 0 Å². The van der Waals surface area contributed by atoms with Crippen molar-refractivity contribution in [3.63, 3.8) is 0 Å². The van der Waals surface area contributed by atoms with E-state index >= 15 is 0 Å². The van der Waals surface area contributed by atoms with Crippen LogP contribution in [0.4, 0.5) is 0 Å². The Bertz CT molecular complexity index is 1580. The SMILES string of the molecule is CCCCCCCc1cc(=O)c2ccccc2[nH]1.CCCCCCCc1cc(OCc2ccccc2)c2ccccc2n1. The Morgan fingerprint density at radius 3 is 2.02 bits per heavy atom. The van der Waals surface area contributed by atoms with Gasteiger partial charge in [-0.05, 0) is 55.5 Å². The van der Waals surface area contributed by atoms with Crippen LogP contribution >= 0.6 is 0 Å². The van der Waals surface area contributed by atoms with E-state index in [4.69, 9.17) is 9.72 Å². The summed E-state index contributed by atoms with van der Waals surface area (Å²) in [6, 6.07) is 30.2. The molecule has 0 unspecified atom stereocenters. The monoisotopic (exact) mass is 576 g/mol. The first kappa shape index (κ1) is 32.0. The average Bonchev–Trinajstić information content (AvgIpc) is 3.04. The lowest BCUT2D eigenvalue weighted by atomic mass is 10.1. The summed E-state index contributed by atoms with van der Waals surface area (Å²) in [6.45, 7) is 5.06. The first-order valence-corrected chi connectivity index (χ1v) is 16.3. The molecule has 4 nitrogen and oxygen atoms in total. The van der Waals surface area contributed by atoms with Crippen LogP contribution in [0, 0.1) is 0 Å². The molecule has 2 heterocycles. The van der Waals surface area contributed by atoms with Crippen LogP contribution in [0.5, 0.6) is 5.75 Å². The van der Waals surface area contributed by atoms with Crippen LogP contribution in [0.15, 0.2) is 95.8 Å². The number of H-pyrrole nitrogens is 1. The molecule has 0 bridgehead atoms. The van der Waals surface area contributed by atoms with Gasteiger partial charge < -0.3 is 9.72 Å². The summed E-state index contributed by atoms with van der Waals surface area (Å²) in [5.74, 6) is 0.943. The standard InChI is InChI=1S/C23H27NO.C16H21NO/c1-2-3-4-5-9-14-20-17-23(21-15-10-11-16-22(21)24-20)25-18-19-12-7-6-8-13-19;1-2-3-4-5-6-9-13-12-16(18)14-10-7-8-11-15(14)17-13/h6-8,10-13,15-17H,2-5,9,14,18H2,1H3;7-8,10-12H,2-6,9H2,1H3,(H,17,18). The van der Waals surface area contributed by atoms with Gasteiger partial charge in [-0.2, -0.15) is 0 Å². The van der Waals surface area contributed by atoms with Gasteiger partial charge in [-0.3, -0.25) is 9.78 Å². The van der Waals surface area contributed by atoms with E-state index in [-0.39, 0.29) is 5.43 Å². The van der Waals surface area contributed by atoms with Crippen LogP contribution in [-0.2, 0) is 19.4 Å². The number of unbranched alkanes of at least 4 members (excludes halogenated alkanes) is 8. The highest BCUT2D eigenvalue weighted by Gasteiger charge is 2.08. The zero-order valence-corrected chi connectivity index (χ0v) is 26.1. The number of fused-ring (bicyclic) bond motifs is 2. The Morgan fingerprint density at radius 2 is 1.28 bits per heavy atom. The third-order valence-corrected chi connectivity index (χ3v) is 7.85. The molecule has 4 heteroatoms. The second-order valence-corrected chi connectivity index (χ2v) is 11.4. The molecule has 0 fully saturated rings. The number of benzene rings is 3. The Balaban J connectivity index is 0.000000208. The normalized spacial score (nSPS) is 10.9. The van der Waals surface area contributed by atoms with Crippen LogP contribution in [-0.4, -0.2) is 9.97 Å². The van der Waals surface area contributed by atoms with Crippen molar-refractivity contribution in [2.75, 3.05) is 0 Å². The zero-order valence-electron chi connectivity index (χ0n) is 26.1. The molecule has 3 aromatic carbocycles. The fourth-order valence-corrected chi connectivity index (χ4v) is 5.39. The molecule has 43 heavy (non-hydrogen) atoms. The van der Waals surface area contributed by atoms with Crippen molar-refractivity contribution in [1.82, 2.24) is 9.97 Å². The minimum absolute atomic E-state index is 0.132. The van der Waals surface area contributed by atoms with Crippen LogP contribution in [0.2, 0.25) is 0 Å². The van der Waals surface area contributed by atoms with Crippen LogP contribution < -0.4 is 10.2 Å². The van der Waals surface area contributed by atoms with E-state index in [2.05, 4.69) is 49.2 Å². The van der Waals surface area contributed by atoms with Gasteiger partial charge >= 0.3 is 0 Å². The number of nitrogens with zero attached hydrogens (tertiary/aromatic N) is 1. The largest absolute Gasteiger partial charge is 0.488 e. The highest BCUT2D eigenvalue weighted by atomic mass is 16.5. The molecule has 0 amide bonds. The first-order chi connectivity index (χ1) is 21.2. The molecule has 0 saturated heterocycles. The molecule has 0 saturated carbocycles. The Hall–Kier alpha value is -3.92. The Labute approximate surface area is 257 Å². The second kappa shape index (κ2) is 17.9. The van der Waals surface area contributed by atoms with E-state index in [1.54, 1.807) is 6.07 Å². The second-order valence-electron chi connectivity index (χ2n) is 11.4. The smallest absolute Gasteiger partial charge is 0.189 e. The van der Waals surface area contributed by atoms with Crippen LogP contribution in [0.1, 0.15) is 95.0 Å². The van der Waals surface area contributed by atoms with Gasteiger partial charge in [0.15, 0.2) is 5.43 Å². The molecule has 5 rings (SSSR count). The van der Waals surface area contributed by atoms with E-state index in [0.717, 1.165) is 58.2 Å². The molecular weight excluding hydrogens is 528 g/mol. The average molecular weight is 577 g/mol. The highest BCUT2D eigenvalue weighted by molar-refractivity contribution is 5.85. The summed E-state index contributed by atoms with van der Waals surface area (Å²) < 4.78 is 6.15. The van der Waals surface area contributed by atoms with Gasteiger partial charge in [0.05, 0.1) is 5.52 Å². The number of rotatable bonds is 15. The van der Waals surface area contributed by atoms with Crippen molar-refractivity contribution >= 4 is 21.8 Å². The summed E-state index contributed by atoms with van der Waals surface area (Å²) >= 11 is 0. The predicted molar refractivity (Wildman–Crippen MR) is 182 cm³/mol. The van der Waals surface area contributed by atoms with Crippen molar-refractivity contribution in [2.45, 2.75) is 97.5 Å². The Kier molecular flexibility index (Phi) is 13.3. The van der Waals surface area contributed by atoms with Gasteiger partial charge in [-0.15, -0.1) is 0 Å². The summed E-state index contributed by atoms with van der Waals surface area (Å²) in [7, 11) is 0. The summed E-state index contributed by atoms with van der Waals surface area (Å²) in [6.07, 6.45) is 14.7. The number of aromatic nitrogens is 2. The number of aromatic amines is 1. The van der Waals surface area contributed by atoms with Crippen LogP contribution in [0.3, 0.4) is 0 Å². The van der Waals surface area contributed by atoms with E-state index in [1.165, 1.54) is 63.4 Å². The molecule has 0 aliphatic carbocycles. The minimum atomic E-state index is 0.132. The molecule has 0 aliphatic heterocycles. The number of nitrogens with one attached hydrogen (secondary N) is 1. The molecule has 1 N–H and O–H groups in total. The van der Waals surface area contributed by atoms with Crippen molar-refractivity contribution in [1.29, 1.82) is 0 Å². The fraction of sp³-hybridized carbons (Fsp3) is 0.385. The molecule has 0 atom stereocenters. The predicted octanol–water partition coefficient (Wildman–Crippen LogP) is 10.4. The quantitative estimate of drug-likeness (QED) is 0.126. The number of aryl methyl sites for hydroxylation is 2. The molecule has 0 aliphatic rings. The number of hydrogen-bond donors (Lipinski definition) is 1. The third-order valence-electron chi connectivity index (χ3n) is 7.85. The lowest BCUT2D eigenvalue weighted by Crippen LogP contribution is -2.05. The zero-order chi connectivity index (χ0) is 30.1. The topological polar surface area (TPSA) is 55.0 Å². The molecule has 2 aromatic heterocycles. The number of pyridine rings is 2. The van der Waals surface area contributed by atoms with Gasteiger partial charge in [-0.1, -0.05) is 120 Å². The number of ether oxygens (including phenoxy) is 1. The van der Waals surface area contributed by atoms with Crippen molar-refractivity contribution < 1.29 is 4.74 Å². The van der Waals surface area contributed by atoms with Crippen molar-refractivity contribution in [3.8, 4) is 5.75 Å². The molecule has 0 spiro atoms. The van der Waals surface area contributed by atoms with Gasteiger partial charge in [-0.25, -0.2) is 0 Å². The van der Waals surface area contributed by atoms with Crippen molar-refractivity contribution in [3.05, 3.63) is 118 Å². The maximum Gasteiger partial charge on any atom is 0.189 e. The van der Waals surface area contributed by atoms with Gasteiger partial charge in [0, 0.05) is 39.8 Å². The maximum atomic E-state index is 11.9. The molecule has 226 valence electrons. The molecular formula is C39H48N2O2. The van der Waals surface area contributed by atoms with E-state index in [9.17, 15) is 4.79 Å². The number of hydrogen-bond acceptors (Lipinski definition) is 3. The summed E-state index contributed by atoms with van der Waals surface area (Å²) in [4.78, 5) is 20.1. The highest BCUT2D eigenvalue weighted by Crippen LogP contribution is 2.27. The van der Waals surface area contributed by atoms with E-state index in [0.29, 0.717) is 6.61 Å². The third kappa shape index (κ3) is 10.4. The number of para-hydroxylation sites is 2. The first-order valence-electron chi connectivity index (χ1n) is 16.3. The van der Waals surface area contributed by atoms with Crippen LogP contribution in [0.25, 0.3) is 21.8 Å². The maximum absolute atomic E-state index is 11.9. The lowest BCUT2D eigenvalue weighted by Gasteiger charge is -2.12. The Morgan fingerprint density at radius 1 is 0.651 bits per heavy atom.